The lowest BCUT2D eigenvalue weighted by atomic mass is 9.84. The number of fused-ring (bicyclic) bond motifs is 4. The van der Waals surface area contributed by atoms with Crippen LogP contribution < -0.4 is 5.32 Å². The summed E-state index contributed by atoms with van der Waals surface area (Å²) in [4.78, 5) is 63.1. The third-order valence-electron chi connectivity index (χ3n) is 6.72. The Morgan fingerprint density at radius 1 is 0.625 bits per heavy atom. The van der Waals surface area contributed by atoms with Gasteiger partial charge in [0.1, 0.15) is 0 Å². The average molecular weight is 552 g/mol. The maximum atomic E-state index is 13.1. The highest BCUT2D eigenvalue weighted by molar-refractivity contribution is 7.91. The van der Waals surface area contributed by atoms with Gasteiger partial charge in [0.15, 0.2) is 24.0 Å². The van der Waals surface area contributed by atoms with Crippen LogP contribution in [0.3, 0.4) is 0 Å². The largest absolute Gasteiger partial charge is 0.452 e. The highest BCUT2D eigenvalue weighted by Gasteiger charge is 2.35. The molecule has 0 radical (unpaired) electrons. The van der Waals surface area contributed by atoms with Crippen LogP contribution >= 0.6 is 0 Å². The normalized spacial score (nSPS) is 14.3. The molecule has 10 heteroatoms. The molecular weight excluding hydrogens is 534 g/mol. The molecule has 0 saturated carbocycles. The van der Waals surface area contributed by atoms with Crippen LogP contribution in [0, 0.1) is 0 Å². The van der Waals surface area contributed by atoms with E-state index in [1.165, 1.54) is 48.5 Å². The monoisotopic (exact) mass is 551 g/mol. The maximum Gasteiger partial charge on any atom is 0.338 e. The Morgan fingerprint density at radius 2 is 1.18 bits per heavy atom. The van der Waals surface area contributed by atoms with Crippen molar-refractivity contribution in [3.8, 4) is 0 Å². The predicted octanol–water partition coefficient (Wildman–Crippen LogP) is 3.63. The molecule has 9 nitrogen and oxygen atoms in total. The van der Waals surface area contributed by atoms with Gasteiger partial charge in [0.2, 0.25) is 9.84 Å². The van der Waals surface area contributed by atoms with E-state index >= 15 is 0 Å². The SMILES string of the molecule is O=C(COC(=O)c1ccc2c(c1)S(=O)(=O)c1ccccc1C2=O)Nc1ccc2c(c1)C(=O)c1ccccc1C2=O. The highest BCUT2D eigenvalue weighted by atomic mass is 32.2. The first-order chi connectivity index (χ1) is 19.2. The van der Waals surface area contributed by atoms with Crippen LogP contribution in [0.1, 0.15) is 58.1 Å². The number of amides is 1. The summed E-state index contributed by atoms with van der Waals surface area (Å²) in [5.74, 6) is -2.82. The molecule has 2 aliphatic rings. The van der Waals surface area contributed by atoms with Gasteiger partial charge in [0, 0.05) is 39.1 Å². The van der Waals surface area contributed by atoms with E-state index in [1.807, 2.05) is 0 Å². The van der Waals surface area contributed by atoms with E-state index in [4.69, 9.17) is 4.74 Å². The van der Waals surface area contributed by atoms with Gasteiger partial charge in [-0.25, -0.2) is 13.2 Å². The highest BCUT2D eigenvalue weighted by Crippen LogP contribution is 2.35. The summed E-state index contributed by atoms with van der Waals surface area (Å²) in [5, 5.41) is 2.52. The molecule has 0 atom stereocenters. The summed E-state index contributed by atoms with van der Waals surface area (Å²) in [6, 6.07) is 20.1. The summed E-state index contributed by atoms with van der Waals surface area (Å²) >= 11 is 0. The van der Waals surface area contributed by atoms with Crippen molar-refractivity contribution in [2.75, 3.05) is 11.9 Å². The average Bonchev–Trinajstić information content (AvgIpc) is 2.97. The van der Waals surface area contributed by atoms with Crippen LogP contribution in [-0.4, -0.2) is 44.3 Å². The van der Waals surface area contributed by atoms with E-state index in [9.17, 15) is 32.4 Å². The molecule has 0 bridgehead atoms. The second-order valence-electron chi connectivity index (χ2n) is 9.13. The van der Waals surface area contributed by atoms with Gasteiger partial charge in [0.05, 0.1) is 15.4 Å². The second-order valence-corrected chi connectivity index (χ2v) is 11.0. The lowest BCUT2D eigenvalue weighted by molar-refractivity contribution is -0.119. The molecule has 6 rings (SSSR count). The van der Waals surface area contributed by atoms with Crippen LogP contribution in [0.4, 0.5) is 5.69 Å². The predicted molar refractivity (Wildman–Crippen MR) is 140 cm³/mol. The van der Waals surface area contributed by atoms with Gasteiger partial charge in [-0.2, -0.15) is 0 Å². The molecule has 0 unspecified atom stereocenters. The lowest BCUT2D eigenvalue weighted by Crippen LogP contribution is -2.24. The minimum absolute atomic E-state index is 0.0550. The zero-order valence-corrected chi connectivity index (χ0v) is 21.3. The first-order valence-corrected chi connectivity index (χ1v) is 13.5. The maximum absolute atomic E-state index is 13.1. The van der Waals surface area contributed by atoms with Crippen molar-refractivity contribution in [3.05, 3.63) is 124 Å². The lowest BCUT2D eigenvalue weighted by Gasteiger charge is -2.19. The number of esters is 1. The van der Waals surface area contributed by atoms with Crippen molar-refractivity contribution < 1.29 is 37.1 Å². The number of carbonyl (C=O) groups excluding carboxylic acids is 5. The van der Waals surface area contributed by atoms with Crippen LogP contribution in [0.5, 0.6) is 0 Å². The fraction of sp³-hybridized carbons (Fsp3) is 0.0333. The molecule has 1 aliphatic heterocycles. The number of ether oxygens (including phenoxy) is 1. The van der Waals surface area contributed by atoms with E-state index in [0.717, 1.165) is 6.07 Å². The number of hydrogen-bond acceptors (Lipinski definition) is 8. The smallest absolute Gasteiger partial charge is 0.338 e. The van der Waals surface area contributed by atoms with Gasteiger partial charge in [0.25, 0.3) is 5.91 Å². The minimum Gasteiger partial charge on any atom is -0.452 e. The zero-order chi connectivity index (χ0) is 28.2. The Kier molecular flexibility index (Phi) is 5.77. The van der Waals surface area contributed by atoms with Gasteiger partial charge in [-0.3, -0.25) is 19.2 Å². The van der Waals surface area contributed by atoms with Crippen LogP contribution in [-0.2, 0) is 19.4 Å². The van der Waals surface area contributed by atoms with Crippen LogP contribution in [0.15, 0.2) is 94.7 Å². The van der Waals surface area contributed by atoms with Crippen LogP contribution in [0.2, 0.25) is 0 Å². The Balaban J connectivity index is 1.16. The van der Waals surface area contributed by atoms with Crippen molar-refractivity contribution in [2.45, 2.75) is 9.79 Å². The summed E-state index contributed by atoms with van der Waals surface area (Å²) in [7, 11) is -4.06. The van der Waals surface area contributed by atoms with Crippen molar-refractivity contribution in [1.82, 2.24) is 0 Å². The fourth-order valence-corrected chi connectivity index (χ4v) is 6.48. The summed E-state index contributed by atoms with van der Waals surface area (Å²) in [6.45, 7) is -0.711. The number of anilines is 1. The number of carbonyl (C=O) groups is 5. The molecule has 0 saturated heterocycles. The number of ketones is 3. The topological polar surface area (TPSA) is 141 Å². The molecule has 1 N–H and O–H groups in total. The molecule has 1 heterocycles. The molecule has 4 aromatic carbocycles. The molecule has 196 valence electrons. The number of hydrogen-bond donors (Lipinski definition) is 1. The minimum atomic E-state index is -4.06. The first-order valence-electron chi connectivity index (χ1n) is 12.0. The third kappa shape index (κ3) is 3.93. The number of rotatable bonds is 4. The van der Waals surface area contributed by atoms with Gasteiger partial charge in [-0.1, -0.05) is 36.4 Å². The van der Waals surface area contributed by atoms with Crippen molar-refractivity contribution >= 4 is 44.8 Å². The quantitative estimate of drug-likeness (QED) is 0.328. The molecule has 1 aliphatic carbocycles. The molecule has 0 fully saturated rings. The fourth-order valence-electron chi connectivity index (χ4n) is 4.80. The molecular formula is C30H17NO8S. The Bertz CT molecular complexity index is 1940. The first kappa shape index (κ1) is 25.1. The van der Waals surface area contributed by atoms with Crippen molar-refractivity contribution in [1.29, 1.82) is 0 Å². The molecule has 0 spiro atoms. The van der Waals surface area contributed by atoms with Crippen LogP contribution in [0.25, 0.3) is 0 Å². The van der Waals surface area contributed by atoms with Gasteiger partial charge >= 0.3 is 5.97 Å². The van der Waals surface area contributed by atoms with Gasteiger partial charge < -0.3 is 10.1 Å². The van der Waals surface area contributed by atoms with Crippen molar-refractivity contribution in [2.24, 2.45) is 0 Å². The van der Waals surface area contributed by atoms with E-state index in [-0.39, 0.29) is 60.4 Å². The summed E-state index contributed by atoms with van der Waals surface area (Å²) < 4.78 is 31.2. The number of nitrogens with one attached hydrogen (secondary N) is 1. The molecule has 4 aromatic rings. The van der Waals surface area contributed by atoms with Crippen molar-refractivity contribution in [3.63, 3.8) is 0 Å². The Hall–Kier alpha value is -5.22. The summed E-state index contributed by atoms with van der Waals surface area (Å²) in [5.41, 5.74) is 1.01. The van der Waals surface area contributed by atoms with E-state index in [2.05, 4.69) is 5.32 Å². The molecule has 1 amide bonds. The van der Waals surface area contributed by atoms with Gasteiger partial charge in [-0.15, -0.1) is 0 Å². The Morgan fingerprint density at radius 3 is 1.90 bits per heavy atom. The van der Waals surface area contributed by atoms with E-state index in [1.54, 1.807) is 30.3 Å². The third-order valence-corrected chi connectivity index (χ3v) is 8.57. The molecule has 40 heavy (non-hydrogen) atoms. The van der Waals surface area contributed by atoms with Gasteiger partial charge in [-0.05, 0) is 48.5 Å². The second kappa shape index (κ2) is 9.21. The number of sulfone groups is 1. The number of benzene rings is 4. The molecule has 0 aromatic heterocycles. The Labute approximate surface area is 227 Å². The van der Waals surface area contributed by atoms with E-state index in [0.29, 0.717) is 5.56 Å². The van der Waals surface area contributed by atoms with E-state index < -0.39 is 34.1 Å². The zero-order valence-electron chi connectivity index (χ0n) is 20.5. The standard InChI is InChI=1S/C30H17NO8S/c32-26(31-17-10-12-20-23(14-17)28(34)19-6-2-1-5-18(19)27(20)33)15-39-30(36)16-9-11-22-25(13-16)40(37,38)24-8-4-3-7-21(24)29(22)35/h1-14H,15H2,(H,31,32). The summed E-state index contributed by atoms with van der Waals surface area (Å²) in [6.07, 6.45) is 0.